The van der Waals surface area contributed by atoms with Crippen molar-refractivity contribution in [2.45, 2.75) is 96.6 Å². The molecule has 5 nitrogen and oxygen atoms in total. The first kappa shape index (κ1) is 46.3. The Morgan fingerprint density at radius 3 is 1.47 bits per heavy atom. The molecule has 0 radical (unpaired) electrons. The van der Waals surface area contributed by atoms with Crippen molar-refractivity contribution in [3.63, 3.8) is 0 Å². The molecule has 2 unspecified atom stereocenters. The Morgan fingerprint density at radius 1 is 0.625 bits per heavy atom. The number of nitrogens with zero attached hydrogens (tertiary/aromatic N) is 1. The summed E-state index contributed by atoms with van der Waals surface area (Å²) in [6.07, 6.45) is 2.99. The summed E-state index contributed by atoms with van der Waals surface area (Å²) < 4.78 is 32.5. The smallest absolute Gasteiger partial charge is 0.305 e. The molecule has 0 saturated heterocycles. The minimum atomic E-state index is -3.23. The lowest BCUT2D eigenvalue weighted by atomic mass is 10.0. The average molecular weight is 888 g/mol. The first-order valence-electron chi connectivity index (χ1n) is 22.4. The van der Waals surface area contributed by atoms with Crippen molar-refractivity contribution in [1.82, 2.24) is 4.57 Å². The highest BCUT2D eigenvalue weighted by Gasteiger charge is 2.54. The Labute approximate surface area is 381 Å². The molecule has 64 heavy (non-hydrogen) atoms. The molecule has 8 heteroatoms. The number of hydrogen-bond donors (Lipinski definition) is 1. The largest absolute Gasteiger partial charge is 0.481 e. The number of para-hydroxylation sites is 1. The molecule has 7 aromatic rings. The van der Waals surface area contributed by atoms with Crippen molar-refractivity contribution in [2.24, 2.45) is 0 Å². The van der Waals surface area contributed by atoms with Crippen molar-refractivity contribution in [3.8, 4) is 11.1 Å². The number of fused-ring (bicyclic) bond motifs is 1. The number of benzene rings is 6. The van der Waals surface area contributed by atoms with Crippen LogP contribution >= 0.6 is 0 Å². The van der Waals surface area contributed by atoms with Crippen LogP contribution in [0.25, 0.3) is 28.1 Å². The van der Waals surface area contributed by atoms with Gasteiger partial charge in [-0.2, -0.15) is 0 Å². The third-order valence-corrected chi connectivity index (χ3v) is 22.6. The summed E-state index contributed by atoms with van der Waals surface area (Å²) in [5, 5.41) is 15.5. The lowest BCUT2D eigenvalue weighted by molar-refractivity contribution is -0.139. The molecule has 0 spiro atoms. The van der Waals surface area contributed by atoms with Crippen LogP contribution in [-0.2, 0) is 13.6 Å². The van der Waals surface area contributed by atoms with E-state index in [-0.39, 0.29) is 34.8 Å². The van der Waals surface area contributed by atoms with Crippen LogP contribution in [0.3, 0.4) is 0 Å². The van der Waals surface area contributed by atoms with E-state index in [2.05, 4.69) is 163 Å². The van der Waals surface area contributed by atoms with E-state index in [1.165, 1.54) is 12.1 Å². The van der Waals surface area contributed by atoms with E-state index in [4.69, 9.17) is 8.85 Å². The van der Waals surface area contributed by atoms with Crippen LogP contribution in [0.1, 0.15) is 80.0 Å². The van der Waals surface area contributed by atoms with Crippen molar-refractivity contribution in [1.29, 1.82) is 0 Å². The zero-order valence-corrected chi connectivity index (χ0v) is 40.5. The molecule has 0 aliphatic rings. The van der Waals surface area contributed by atoms with Gasteiger partial charge in [0.15, 0.2) is 0 Å². The molecule has 0 aliphatic heterocycles. The van der Waals surface area contributed by atoms with Gasteiger partial charge in [-0.15, -0.1) is 0 Å². The SMILES string of the molecule is CC(C)n1c(/C=C/C(CC(CC(=O)O)O[Si](c2ccccc2)(c2ccccc2)C(C)(C)C)O[Si](c2ccccc2)(c2ccccc2)C(C)(C)C)c(-c2ccc(F)cc2)c2ccccc21. The van der Waals surface area contributed by atoms with Gasteiger partial charge < -0.3 is 18.5 Å². The van der Waals surface area contributed by atoms with E-state index in [0.717, 1.165) is 48.5 Å². The van der Waals surface area contributed by atoms with E-state index in [9.17, 15) is 14.3 Å². The second kappa shape index (κ2) is 19.2. The molecule has 0 aliphatic carbocycles. The number of rotatable bonds is 16. The Kier molecular flexibility index (Phi) is 13.9. The fourth-order valence-corrected chi connectivity index (χ4v) is 19.1. The van der Waals surface area contributed by atoms with Gasteiger partial charge in [-0.1, -0.05) is 199 Å². The predicted molar refractivity (Wildman–Crippen MR) is 269 cm³/mol. The maximum absolute atomic E-state index is 14.5. The van der Waals surface area contributed by atoms with Crippen LogP contribution in [0.4, 0.5) is 4.39 Å². The Bertz CT molecular complexity index is 2570. The second-order valence-electron chi connectivity index (χ2n) is 19.2. The van der Waals surface area contributed by atoms with Crippen LogP contribution in [0, 0.1) is 5.82 Å². The van der Waals surface area contributed by atoms with E-state index in [1.807, 2.05) is 66.7 Å². The number of halogens is 1. The third kappa shape index (κ3) is 9.29. The Hall–Kier alpha value is -5.65. The molecule has 0 bridgehead atoms. The number of hydrogen-bond acceptors (Lipinski definition) is 3. The number of carbonyl (C=O) groups is 1. The molecule has 6 aromatic carbocycles. The summed E-state index contributed by atoms with van der Waals surface area (Å²) >= 11 is 0. The zero-order valence-electron chi connectivity index (χ0n) is 38.5. The summed E-state index contributed by atoms with van der Waals surface area (Å²) in [5.74, 6) is -1.23. The lowest BCUT2D eigenvalue weighted by Gasteiger charge is -2.47. The molecule has 7 rings (SSSR count). The predicted octanol–water partition coefficient (Wildman–Crippen LogP) is 11.8. The highest BCUT2D eigenvalue weighted by Crippen LogP contribution is 2.42. The molecular formula is C56H62FNO4Si2. The quantitative estimate of drug-likeness (QED) is 0.0982. The van der Waals surface area contributed by atoms with Gasteiger partial charge in [0.1, 0.15) is 5.82 Å². The van der Waals surface area contributed by atoms with Gasteiger partial charge in [-0.05, 0) is 74.5 Å². The summed E-state index contributed by atoms with van der Waals surface area (Å²) in [6, 6.07) is 57.0. The standard InChI is InChI=1S/C56H62FNO4Si2/c1-41(2)58-51-32-22-21-31-50(51)54(42-33-35-43(57)36-34-42)52(58)38-37-44(61-63(55(3,4)5,46-23-13-9-14-24-46)47-25-15-10-16-26-47)39-45(40-53(59)60)62-64(56(6,7)8,48-27-17-11-18-28-48)49-29-19-12-20-30-49/h9-38,41,44-45H,39-40H2,1-8H3,(H,59,60)/b38-37+. The van der Waals surface area contributed by atoms with Crippen LogP contribution < -0.4 is 20.7 Å². The molecule has 2 atom stereocenters. The molecular weight excluding hydrogens is 826 g/mol. The van der Waals surface area contributed by atoms with Crippen LogP contribution in [0.15, 0.2) is 176 Å². The van der Waals surface area contributed by atoms with Crippen molar-refractivity contribution in [3.05, 3.63) is 187 Å². The number of carboxylic acid groups (broad SMARTS) is 1. The fraction of sp³-hybridized carbons (Fsp3) is 0.268. The molecule has 0 saturated carbocycles. The first-order chi connectivity index (χ1) is 30.6. The minimum Gasteiger partial charge on any atom is -0.481 e. The minimum absolute atomic E-state index is 0.0769. The summed E-state index contributed by atoms with van der Waals surface area (Å²) in [6.45, 7) is 17.8. The third-order valence-electron chi connectivity index (χ3n) is 12.5. The lowest BCUT2D eigenvalue weighted by Crippen LogP contribution is -2.69. The zero-order chi connectivity index (χ0) is 45.7. The molecule has 1 N–H and O–H groups in total. The van der Waals surface area contributed by atoms with Gasteiger partial charge >= 0.3 is 5.97 Å². The Balaban J connectivity index is 1.48. The monoisotopic (exact) mass is 887 g/mol. The van der Waals surface area contributed by atoms with Gasteiger partial charge in [0, 0.05) is 34.6 Å². The molecule has 1 aromatic heterocycles. The van der Waals surface area contributed by atoms with E-state index >= 15 is 0 Å². The second-order valence-corrected chi connectivity index (χ2v) is 27.7. The van der Waals surface area contributed by atoms with Crippen molar-refractivity contribution in [2.75, 3.05) is 0 Å². The summed E-state index contributed by atoms with van der Waals surface area (Å²) in [7, 11) is -6.45. The number of carboxylic acids is 1. The van der Waals surface area contributed by atoms with Crippen LogP contribution in [0.2, 0.25) is 10.1 Å². The Morgan fingerprint density at radius 2 is 1.05 bits per heavy atom. The van der Waals surface area contributed by atoms with Crippen molar-refractivity contribution >= 4 is 60.3 Å². The van der Waals surface area contributed by atoms with Gasteiger partial charge in [-0.25, -0.2) is 4.39 Å². The molecule has 0 amide bonds. The normalized spacial score (nSPS) is 13.7. The highest BCUT2D eigenvalue weighted by atomic mass is 28.4. The van der Waals surface area contributed by atoms with Crippen LogP contribution in [-0.4, -0.2) is 44.5 Å². The number of aromatic nitrogens is 1. The summed E-state index contributed by atoms with van der Waals surface area (Å²) in [4.78, 5) is 13.2. The van der Waals surface area contributed by atoms with E-state index in [1.54, 1.807) is 0 Å². The molecule has 1 heterocycles. The highest BCUT2D eigenvalue weighted by molar-refractivity contribution is 7.00. The van der Waals surface area contributed by atoms with Crippen LogP contribution in [0.5, 0.6) is 0 Å². The van der Waals surface area contributed by atoms with Gasteiger partial charge in [-0.3, -0.25) is 4.79 Å². The fourth-order valence-electron chi connectivity index (χ4n) is 9.77. The maximum Gasteiger partial charge on any atom is 0.305 e. The average Bonchev–Trinajstić information content (AvgIpc) is 3.61. The van der Waals surface area contributed by atoms with Gasteiger partial charge in [0.2, 0.25) is 0 Å². The number of aliphatic carboxylic acids is 1. The maximum atomic E-state index is 14.5. The van der Waals surface area contributed by atoms with Crippen molar-refractivity contribution < 1.29 is 23.1 Å². The van der Waals surface area contributed by atoms with Gasteiger partial charge in [0.25, 0.3) is 16.6 Å². The topological polar surface area (TPSA) is 60.7 Å². The molecule has 330 valence electrons. The van der Waals surface area contributed by atoms with E-state index in [0.29, 0.717) is 0 Å². The van der Waals surface area contributed by atoms with Gasteiger partial charge in [0.05, 0.1) is 18.6 Å². The molecule has 0 fully saturated rings. The summed E-state index contributed by atoms with van der Waals surface area (Å²) in [5.41, 5.74) is 3.93. The first-order valence-corrected chi connectivity index (χ1v) is 26.2. The van der Waals surface area contributed by atoms with E-state index < -0.39 is 34.8 Å².